The molecule has 0 unspecified atom stereocenters. The zero-order valence-electron chi connectivity index (χ0n) is 9.29. The molecule has 6 nitrogen and oxygen atoms in total. The van der Waals surface area contributed by atoms with Crippen LogP contribution < -0.4 is 5.32 Å². The van der Waals surface area contributed by atoms with Crippen LogP contribution in [0.3, 0.4) is 0 Å². The Labute approximate surface area is 97.9 Å². The van der Waals surface area contributed by atoms with Crippen LogP contribution in [0.15, 0.2) is 30.9 Å². The van der Waals surface area contributed by atoms with E-state index in [-0.39, 0.29) is 5.56 Å². The largest absolute Gasteiger partial charge is 0.478 e. The molecule has 0 saturated carbocycles. The van der Waals surface area contributed by atoms with E-state index in [1.165, 1.54) is 18.5 Å². The fraction of sp³-hybridized carbons (Fsp3) is 0.182. The molecule has 17 heavy (non-hydrogen) atoms. The molecular weight excluding hydrogens is 220 g/mol. The molecule has 2 heterocycles. The van der Waals surface area contributed by atoms with Gasteiger partial charge in [-0.1, -0.05) is 0 Å². The summed E-state index contributed by atoms with van der Waals surface area (Å²) in [6.45, 7) is 0.454. The van der Waals surface area contributed by atoms with Gasteiger partial charge in [0.2, 0.25) is 0 Å². The standard InChI is InChI=1S/C11H12N4O2/c1-15-5-4-13-10(15)7-14-9-6-12-3-2-8(9)11(16)17/h2-6,14H,7H2,1H3,(H,16,17). The van der Waals surface area contributed by atoms with Crippen LogP contribution in [-0.4, -0.2) is 25.6 Å². The van der Waals surface area contributed by atoms with Crippen LogP contribution in [-0.2, 0) is 13.6 Å². The first-order valence-corrected chi connectivity index (χ1v) is 5.06. The molecule has 0 fully saturated rings. The van der Waals surface area contributed by atoms with Gasteiger partial charge in [0.05, 0.1) is 24.0 Å². The van der Waals surface area contributed by atoms with E-state index < -0.39 is 5.97 Å². The second-order valence-electron chi connectivity index (χ2n) is 3.53. The van der Waals surface area contributed by atoms with Crippen LogP contribution in [0.1, 0.15) is 16.2 Å². The highest BCUT2D eigenvalue weighted by atomic mass is 16.4. The van der Waals surface area contributed by atoms with Crippen molar-refractivity contribution in [1.82, 2.24) is 14.5 Å². The lowest BCUT2D eigenvalue weighted by molar-refractivity contribution is 0.0698. The number of aromatic carboxylic acids is 1. The first-order valence-electron chi connectivity index (χ1n) is 5.06. The number of aryl methyl sites for hydroxylation is 1. The molecule has 0 aromatic carbocycles. The number of carboxylic acid groups (broad SMARTS) is 1. The minimum atomic E-state index is -0.977. The Bertz CT molecular complexity index is 536. The van der Waals surface area contributed by atoms with Gasteiger partial charge in [-0.15, -0.1) is 0 Å². The molecule has 0 aliphatic rings. The van der Waals surface area contributed by atoms with E-state index in [4.69, 9.17) is 5.11 Å². The van der Waals surface area contributed by atoms with E-state index >= 15 is 0 Å². The van der Waals surface area contributed by atoms with Gasteiger partial charge >= 0.3 is 5.97 Å². The lowest BCUT2D eigenvalue weighted by Crippen LogP contribution is -2.09. The topological polar surface area (TPSA) is 80.0 Å². The molecule has 0 bridgehead atoms. The van der Waals surface area contributed by atoms with E-state index in [1.54, 1.807) is 6.20 Å². The van der Waals surface area contributed by atoms with Gasteiger partial charge in [-0.05, 0) is 6.07 Å². The predicted octanol–water partition coefficient (Wildman–Crippen LogP) is 1.13. The molecule has 0 aliphatic heterocycles. The number of imidazole rings is 1. The summed E-state index contributed by atoms with van der Waals surface area (Å²) in [4.78, 5) is 19.0. The minimum absolute atomic E-state index is 0.203. The quantitative estimate of drug-likeness (QED) is 0.825. The summed E-state index contributed by atoms with van der Waals surface area (Å²) < 4.78 is 1.86. The molecule has 6 heteroatoms. The number of hydrogen-bond acceptors (Lipinski definition) is 4. The number of carboxylic acids is 1. The number of pyridine rings is 1. The maximum atomic E-state index is 11.0. The van der Waals surface area contributed by atoms with Crippen molar-refractivity contribution in [2.24, 2.45) is 7.05 Å². The van der Waals surface area contributed by atoms with Crippen LogP contribution in [0.2, 0.25) is 0 Å². The number of nitrogens with one attached hydrogen (secondary N) is 1. The average Bonchev–Trinajstić information content (AvgIpc) is 2.72. The van der Waals surface area contributed by atoms with Gasteiger partial charge in [-0.3, -0.25) is 4.98 Å². The molecule has 0 saturated heterocycles. The van der Waals surface area contributed by atoms with E-state index in [0.29, 0.717) is 12.2 Å². The Morgan fingerprint density at radius 3 is 3.00 bits per heavy atom. The highest BCUT2D eigenvalue weighted by Crippen LogP contribution is 2.14. The van der Waals surface area contributed by atoms with Gasteiger partial charge < -0.3 is 15.0 Å². The molecule has 2 aromatic heterocycles. The number of hydrogen-bond donors (Lipinski definition) is 2. The van der Waals surface area contributed by atoms with Crippen molar-refractivity contribution >= 4 is 11.7 Å². The minimum Gasteiger partial charge on any atom is -0.478 e. The molecular formula is C11H12N4O2. The molecule has 0 spiro atoms. The second-order valence-corrected chi connectivity index (χ2v) is 3.53. The normalized spacial score (nSPS) is 10.2. The number of carbonyl (C=O) groups is 1. The zero-order valence-corrected chi connectivity index (χ0v) is 9.29. The summed E-state index contributed by atoms with van der Waals surface area (Å²) >= 11 is 0. The summed E-state index contributed by atoms with van der Waals surface area (Å²) in [5, 5.41) is 12.0. The summed E-state index contributed by atoms with van der Waals surface area (Å²) in [7, 11) is 1.88. The maximum absolute atomic E-state index is 11.0. The summed E-state index contributed by atoms with van der Waals surface area (Å²) in [6.07, 6.45) is 6.47. The molecule has 0 radical (unpaired) electrons. The van der Waals surface area contributed by atoms with E-state index in [9.17, 15) is 4.79 Å². The first kappa shape index (κ1) is 11.1. The summed E-state index contributed by atoms with van der Waals surface area (Å²) in [5.41, 5.74) is 0.692. The van der Waals surface area contributed by atoms with Crippen LogP contribution in [0.5, 0.6) is 0 Å². The van der Waals surface area contributed by atoms with E-state index in [0.717, 1.165) is 5.82 Å². The highest BCUT2D eigenvalue weighted by molar-refractivity contribution is 5.93. The number of nitrogens with zero attached hydrogens (tertiary/aromatic N) is 3. The van der Waals surface area contributed by atoms with Crippen molar-refractivity contribution in [2.45, 2.75) is 6.54 Å². The van der Waals surface area contributed by atoms with Crippen molar-refractivity contribution < 1.29 is 9.90 Å². The monoisotopic (exact) mass is 232 g/mol. The maximum Gasteiger partial charge on any atom is 0.337 e. The molecule has 0 amide bonds. The number of aromatic nitrogens is 3. The number of anilines is 1. The Morgan fingerprint density at radius 2 is 2.35 bits per heavy atom. The Morgan fingerprint density at radius 1 is 1.53 bits per heavy atom. The van der Waals surface area contributed by atoms with Crippen LogP contribution in [0.4, 0.5) is 5.69 Å². The molecule has 0 aliphatic carbocycles. The third kappa shape index (κ3) is 2.41. The Kier molecular flexibility index (Phi) is 3.04. The van der Waals surface area contributed by atoms with Crippen LogP contribution >= 0.6 is 0 Å². The van der Waals surface area contributed by atoms with Crippen molar-refractivity contribution in [3.05, 3.63) is 42.2 Å². The van der Waals surface area contributed by atoms with Crippen LogP contribution in [0, 0.1) is 0 Å². The van der Waals surface area contributed by atoms with Gasteiger partial charge in [-0.25, -0.2) is 9.78 Å². The lowest BCUT2D eigenvalue weighted by atomic mass is 10.2. The van der Waals surface area contributed by atoms with Crippen LogP contribution in [0.25, 0.3) is 0 Å². The summed E-state index contributed by atoms with van der Waals surface area (Å²) in [5.74, 6) is -0.153. The van der Waals surface area contributed by atoms with E-state index in [2.05, 4.69) is 15.3 Å². The SMILES string of the molecule is Cn1ccnc1CNc1cnccc1C(=O)O. The van der Waals surface area contributed by atoms with Gasteiger partial charge in [-0.2, -0.15) is 0 Å². The smallest absolute Gasteiger partial charge is 0.337 e. The first-order chi connectivity index (χ1) is 8.18. The van der Waals surface area contributed by atoms with E-state index in [1.807, 2.05) is 17.8 Å². The third-order valence-corrected chi connectivity index (χ3v) is 2.41. The fourth-order valence-corrected chi connectivity index (χ4v) is 1.46. The van der Waals surface area contributed by atoms with Crippen molar-refractivity contribution in [3.63, 3.8) is 0 Å². The molecule has 88 valence electrons. The molecule has 2 aromatic rings. The fourth-order valence-electron chi connectivity index (χ4n) is 1.46. The van der Waals surface area contributed by atoms with Crippen molar-refractivity contribution in [3.8, 4) is 0 Å². The van der Waals surface area contributed by atoms with Gasteiger partial charge in [0.1, 0.15) is 5.82 Å². The van der Waals surface area contributed by atoms with Gasteiger partial charge in [0, 0.05) is 25.6 Å². The average molecular weight is 232 g/mol. The van der Waals surface area contributed by atoms with Crippen molar-refractivity contribution in [1.29, 1.82) is 0 Å². The number of rotatable bonds is 4. The predicted molar refractivity (Wildman–Crippen MR) is 61.7 cm³/mol. The zero-order chi connectivity index (χ0) is 12.3. The Hall–Kier alpha value is -2.37. The Balaban J connectivity index is 2.14. The molecule has 2 rings (SSSR count). The molecule has 2 N–H and O–H groups in total. The van der Waals surface area contributed by atoms with Gasteiger partial charge in [0.25, 0.3) is 0 Å². The highest BCUT2D eigenvalue weighted by Gasteiger charge is 2.09. The molecule has 0 atom stereocenters. The van der Waals surface area contributed by atoms with Crippen molar-refractivity contribution in [2.75, 3.05) is 5.32 Å². The third-order valence-electron chi connectivity index (χ3n) is 2.41. The van der Waals surface area contributed by atoms with Gasteiger partial charge in [0.15, 0.2) is 0 Å². The lowest BCUT2D eigenvalue weighted by Gasteiger charge is -2.08. The second kappa shape index (κ2) is 4.65. The summed E-state index contributed by atoms with van der Waals surface area (Å²) in [6, 6.07) is 1.46.